The number of morpholine rings is 1. The first kappa shape index (κ1) is 19.8. The highest BCUT2D eigenvalue weighted by Gasteiger charge is 2.31. The van der Waals surface area contributed by atoms with E-state index in [0.29, 0.717) is 6.54 Å². The topological polar surface area (TPSA) is 44.8 Å². The quantitative estimate of drug-likeness (QED) is 0.646. The number of hydrogen-bond donors (Lipinski definition) is 1. The SMILES string of the molecule is O=C(CN1CCc2sccc2[C@H]1c1cccs1)Nc1ccc(N2CCOCC2)cc1. The zero-order chi connectivity index (χ0) is 20.3. The van der Waals surface area contributed by atoms with Crippen molar-refractivity contribution in [1.29, 1.82) is 0 Å². The van der Waals surface area contributed by atoms with Crippen molar-refractivity contribution in [3.63, 3.8) is 0 Å². The Kier molecular flexibility index (Phi) is 5.86. The minimum absolute atomic E-state index is 0.0364. The minimum Gasteiger partial charge on any atom is -0.378 e. The van der Waals surface area contributed by atoms with Gasteiger partial charge in [-0.3, -0.25) is 9.69 Å². The van der Waals surface area contributed by atoms with Gasteiger partial charge in [-0.15, -0.1) is 22.7 Å². The molecule has 156 valence electrons. The van der Waals surface area contributed by atoms with Crippen LogP contribution in [0.3, 0.4) is 0 Å². The predicted octanol–water partition coefficient (Wildman–Crippen LogP) is 4.23. The molecule has 1 fully saturated rings. The molecule has 0 aliphatic carbocycles. The van der Waals surface area contributed by atoms with Gasteiger partial charge in [-0.05, 0) is 59.1 Å². The zero-order valence-corrected chi connectivity index (χ0v) is 18.4. The average molecular weight is 440 g/mol. The van der Waals surface area contributed by atoms with Crippen LogP contribution in [0.15, 0.2) is 53.2 Å². The molecule has 4 heterocycles. The van der Waals surface area contributed by atoms with Gasteiger partial charge in [0, 0.05) is 40.8 Å². The normalized spacial score (nSPS) is 19.5. The van der Waals surface area contributed by atoms with E-state index in [0.717, 1.165) is 45.0 Å². The first-order valence-electron chi connectivity index (χ1n) is 10.3. The summed E-state index contributed by atoms with van der Waals surface area (Å²) in [4.78, 5) is 20.2. The summed E-state index contributed by atoms with van der Waals surface area (Å²) in [6.45, 7) is 4.66. The number of anilines is 2. The molecule has 0 unspecified atom stereocenters. The Morgan fingerprint density at radius 1 is 1.03 bits per heavy atom. The van der Waals surface area contributed by atoms with Gasteiger partial charge in [-0.1, -0.05) is 6.07 Å². The van der Waals surface area contributed by atoms with Crippen LogP contribution in [-0.4, -0.2) is 50.2 Å². The van der Waals surface area contributed by atoms with Crippen LogP contribution in [0.25, 0.3) is 0 Å². The van der Waals surface area contributed by atoms with Crippen molar-refractivity contribution >= 4 is 40.0 Å². The fraction of sp³-hybridized carbons (Fsp3) is 0.348. The minimum atomic E-state index is 0.0364. The maximum atomic E-state index is 12.9. The summed E-state index contributed by atoms with van der Waals surface area (Å²) in [7, 11) is 0. The van der Waals surface area contributed by atoms with Crippen molar-refractivity contribution in [3.8, 4) is 0 Å². The van der Waals surface area contributed by atoms with Crippen molar-refractivity contribution in [3.05, 3.63) is 68.5 Å². The Morgan fingerprint density at radius 3 is 2.63 bits per heavy atom. The number of carbonyl (C=O) groups is 1. The molecule has 30 heavy (non-hydrogen) atoms. The van der Waals surface area contributed by atoms with E-state index < -0.39 is 0 Å². The molecular weight excluding hydrogens is 414 g/mol. The summed E-state index contributed by atoms with van der Waals surface area (Å²) in [6, 6.07) is 14.8. The zero-order valence-electron chi connectivity index (χ0n) is 16.8. The van der Waals surface area contributed by atoms with Crippen LogP contribution >= 0.6 is 22.7 Å². The van der Waals surface area contributed by atoms with Crippen LogP contribution in [0.2, 0.25) is 0 Å². The molecule has 5 nitrogen and oxygen atoms in total. The standard InChI is InChI=1S/C23H25N3O2S2/c27-22(24-17-3-5-18(6-4-17)25-10-12-28-13-11-25)16-26-9-7-20-19(8-15-30-20)23(26)21-2-1-14-29-21/h1-6,8,14-15,23H,7,9-13,16H2,(H,24,27)/t23-/m0/s1. The molecule has 2 aromatic heterocycles. The highest BCUT2D eigenvalue weighted by Crippen LogP contribution is 2.39. The average Bonchev–Trinajstić information content (AvgIpc) is 3.47. The number of hydrogen-bond acceptors (Lipinski definition) is 6. The lowest BCUT2D eigenvalue weighted by atomic mass is 9.98. The highest BCUT2D eigenvalue weighted by atomic mass is 32.1. The fourth-order valence-corrected chi connectivity index (χ4v) is 6.06. The van der Waals surface area contributed by atoms with Gasteiger partial charge < -0.3 is 15.0 Å². The summed E-state index contributed by atoms with van der Waals surface area (Å²) in [5.74, 6) is 0.0364. The van der Waals surface area contributed by atoms with Crippen LogP contribution in [0.4, 0.5) is 11.4 Å². The van der Waals surface area contributed by atoms with E-state index in [1.807, 2.05) is 23.5 Å². The molecule has 1 saturated heterocycles. The van der Waals surface area contributed by atoms with E-state index in [-0.39, 0.29) is 11.9 Å². The van der Waals surface area contributed by atoms with Gasteiger partial charge in [-0.25, -0.2) is 0 Å². The van der Waals surface area contributed by atoms with E-state index in [4.69, 9.17) is 4.74 Å². The van der Waals surface area contributed by atoms with Crippen LogP contribution in [-0.2, 0) is 16.0 Å². The molecule has 2 aliphatic rings. The Morgan fingerprint density at radius 2 is 1.87 bits per heavy atom. The molecule has 7 heteroatoms. The van der Waals surface area contributed by atoms with Crippen LogP contribution in [0, 0.1) is 0 Å². The van der Waals surface area contributed by atoms with Crippen LogP contribution < -0.4 is 10.2 Å². The van der Waals surface area contributed by atoms with E-state index >= 15 is 0 Å². The molecule has 5 rings (SSSR count). The summed E-state index contributed by atoms with van der Waals surface area (Å²) < 4.78 is 5.42. The first-order chi connectivity index (χ1) is 14.8. The number of amides is 1. The second-order valence-corrected chi connectivity index (χ2v) is 9.61. The fourth-order valence-electron chi connectivity index (χ4n) is 4.28. The number of thiophene rings is 2. The predicted molar refractivity (Wildman–Crippen MR) is 124 cm³/mol. The Bertz CT molecular complexity index is 978. The lowest BCUT2D eigenvalue weighted by molar-refractivity contribution is -0.117. The Hall–Kier alpha value is -2.19. The summed E-state index contributed by atoms with van der Waals surface area (Å²) >= 11 is 3.59. The number of benzene rings is 1. The highest BCUT2D eigenvalue weighted by molar-refractivity contribution is 7.10. The largest absolute Gasteiger partial charge is 0.378 e. The van der Waals surface area contributed by atoms with E-state index in [1.54, 1.807) is 11.3 Å². The number of fused-ring (bicyclic) bond motifs is 1. The smallest absolute Gasteiger partial charge is 0.238 e. The second-order valence-electron chi connectivity index (χ2n) is 7.63. The van der Waals surface area contributed by atoms with Gasteiger partial charge in [0.05, 0.1) is 25.8 Å². The number of carbonyl (C=O) groups excluding carboxylic acids is 1. The Labute approximate surface area is 184 Å². The number of nitrogens with one attached hydrogen (secondary N) is 1. The molecule has 3 aromatic rings. The molecule has 0 saturated carbocycles. The van der Waals surface area contributed by atoms with Crippen molar-refractivity contribution in [2.45, 2.75) is 12.5 Å². The monoisotopic (exact) mass is 439 g/mol. The van der Waals surface area contributed by atoms with E-state index in [1.165, 1.54) is 21.0 Å². The number of ether oxygens (including phenoxy) is 1. The van der Waals surface area contributed by atoms with Crippen molar-refractivity contribution in [2.24, 2.45) is 0 Å². The lowest BCUT2D eigenvalue weighted by Gasteiger charge is -2.34. The number of rotatable bonds is 5. The third kappa shape index (κ3) is 4.16. The molecule has 1 aromatic carbocycles. The van der Waals surface area contributed by atoms with Crippen LogP contribution in [0.1, 0.15) is 21.4 Å². The summed E-state index contributed by atoms with van der Waals surface area (Å²) in [5.41, 5.74) is 3.38. The third-order valence-corrected chi connectivity index (χ3v) is 7.67. The maximum absolute atomic E-state index is 12.9. The van der Waals surface area contributed by atoms with E-state index in [2.05, 4.69) is 56.2 Å². The summed E-state index contributed by atoms with van der Waals surface area (Å²) in [5, 5.41) is 7.37. The molecular formula is C23H25N3O2S2. The van der Waals surface area contributed by atoms with Crippen molar-refractivity contribution < 1.29 is 9.53 Å². The lowest BCUT2D eigenvalue weighted by Crippen LogP contribution is -2.40. The molecule has 0 spiro atoms. The molecule has 1 atom stereocenters. The number of nitrogens with zero attached hydrogens (tertiary/aromatic N) is 2. The molecule has 2 aliphatic heterocycles. The van der Waals surface area contributed by atoms with Gasteiger partial charge in [0.1, 0.15) is 0 Å². The van der Waals surface area contributed by atoms with Crippen molar-refractivity contribution in [2.75, 3.05) is 49.6 Å². The Balaban J connectivity index is 1.26. The second kappa shape index (κ2) is 8.89. The van der Waals surface area contributed by atoms with E-state index in [9.17, 15) is 4.79 Å². The van der Waals surface area contributed by atoms with Gasteiger partial charge in [0.25, 0.3) is 0 Å². The first-order valence-corrected chi connectivity index (χ1v) is 12.1. The van der Waals surface area contributed by atoms with Crippen molar-refractivity contribution in [1.82, 2.24) is 4.90 Å². The van der Waals surface area contributed by atoms with Gasteiger partial charge >= 0.3 is 0 Å². The third-order valence-electron chi connectivity index (χ3n) is 5.75. The molecule has 1 N–H and O–H groups in total. The van der Waals surface area contributed by atoms with Crippen LogP contribution in [0.5, 0.6) is 0 Å². The van der Waals surface area contributed by atoms with Gasteiger partial charge in [0.2, 0.25) is 5.91 Å². The molecule has 0 radical (unpaired) electrons. The molecule has 1 amide bonds. The van der Waals surface area contributed by atoms with Gasteiger partial charge in [-0.2, -0.15) is 0 Å². The summed E-state index contributed by atoms with van der Waals surface area (Å²) in [6.07, 6.45) is 1.01. The maximum Gasteiger partial charge on any atom is 0.238 e. The van der Waals surface area contributed by atoms with Gasteiger partial charge in [0.15, 0.2) is 0 Å². The molecule has 0 bridgehead atoms.